The number of hydrogen-bond acceptors (Lipinski definition) is 1. The molecule has 0 aliphatic carbocycles. The summed E-state index contributed by atoms with van der Waals surface area (Å²) in [7, 11) is 0. The Bertz CT molecular complexity index is 298. The molecule has 0 amide bonds. The van der Waals surface area contributed by atoms with E-state index in [0.29, 0.717) is 12.0 Å². The largest absolute Gasteiger partial charge is 0.310 e. The summed E-state index contributed by atoms with van der Waals surface area (Å²) < 4.78 is 0. The van der Waals surface area contributed by atoms with Gasteiger partial charge in [-0.15, -0.1) is 0 Å². The Morgan fingerprint density at radius 1 is 1.33 bits per heavy atom. The molecule has 0 aromatic heterocycles. The quantitative estimate of drug-likeness (QED) is 0.803. The second kappa shape index (κ2) is 6.14. The summed E-state index contributed by atoms with van der Waals surface area (Å²) in [6, 6.07) is 8.56. The fourth-order valence-corrected chi connectivity index (χ4v) is 1.69. The number of nitrogens with one attached hydrogen (secondary N) is 1. The predicted molar refractivity (Wildman–Crippen MR) is 67.2 cm³/mol. The Labute approximate surface area is 97.8 Å². The molecule has 0 saturated carbocycles. The Morgan fingerprint density at radius 2 is 2.07 bits per heavy atom. The van der Waals surface area contributed by atoms with Crippen molar-refractivity contribution in [2.24, 2.45) is 5.92 Å². The molecule has 2 heteroatoms. The van der Waals surface area contributed by atoms with E-state index in [1.54, 1.807) is 0 Å². The Morgan fingerprint density at radius 3 is 2.67 bits per heavy atom. The van der Waals surface area contributed by atoms with E-state index < -0.39 is 0 Å². The summed E-state index contributed by atoms with van der Waals surface area (Å²) in [5.74, 6) is 0.712. The van der Waals surface area contributed by atoms with Gasteiger partial charge in [0, 0.05) is 17.6 Å². The van der Waals surface area contributed by atoms with Crippen molar-refractivity contribution in [3.05, 3.63) is 34.9 Å². The van der Waals surface area contributed by atoms with Crippen LogP contribution in [0.3, 0.4) is 0 Å². The topological polar surface area (TPSA) is 12.0 Å². The molecule has 1 rings (SSSR count). The highest BCUT2D eigenvalue weighted by Crippen LogP contribution is 2.12. The first-order valence-electron chi connectivity index (χ1n) is 5.61. The van der Waals surface area contributed by atoms with Crippen LogP contribution in [0.15, 0.2) is 24.3 Å². The number of benzene rings is 1. The minimum Gasteiger partial charge on any atom is -0.310 e. The van der Waals surface area contributed by atoms with Crippen LogP contribution in [0.2, 0.25) is 5.02 Å². The minimum atomic E-state index is 0.550. The van der Waals surface area contributed by atoms with Gasteiger partial charge in [0.05, 0.1) is 0 Å². The van der Waals surface area contributed by atoms with Gasteiger partial charge in [0.1, 0.15) is 0 Å². The molecule has 0 heterocycles. The first-order chi connectivity index (χ1) is 7.13. The Kier molecular flexibility index (Phi) is 5.13. The molecule has 2 atom stereocenters. The lowest BCUT2D eigenvalue weighted by Crippen LogP contribution is -2.31. The van der Waals surface area contributed by atoms with Crippen LogP contribution in [-0.4, -0.2) is 6.04 Å². The molecular weight excluding hydrogens is 206 g/mol. The summed E-state index contributed by atoms with van der Waals surface area (Å²) >= 11 is 5.92. The summed E-state index contributed by atoms with van der Waals surface area (Å²) in [5.41, 5.74) is 1.25. The molecule has 0 fully saturated rings. The van der Waals surface area contributed by atoms with Crippen molar-refractivity contribution in [1.29, 1.82) is 0 Å². The van der Waals surface area contributed by atoms with E-state index in [0.717, 1.165) is 11.6 Å². The molecule has 0 bridgehead atoms. The molecule has 1 N–H and O–H groups in total. The van der Waals surface area contributed by atoms with Crippen LogP contribution in [-0.2, 0) is 6.54 Å². The van der Waals surface area contributed by atoms with Gasteiger partial charge in [-0.25, -0.2) is 0 Å². The third kappa shape index (κ3) is 4.23. The molecule has 0 saturated heterocycles. The van der Waals surface area contributed by atoms with Crippen LogP contribution in [0, 0.1) is 5.92 Å². The zero-order chi connectivity index (χ0) is 11.3. The van der Waals surface area contributed by atoms with Crippen LogP contribution >= 0.6 is 11.6 Å². The van der Waals surface area contributed by atoms with E-state index in [9.17, 15) is 0 Å². The monoisotopic (exact) mass is 225 g/mol. The molecular formula is C13H20ClN. The summed E-state index contributed by atoms with van der Waals surface area (Å²) in [6.45, 7) is 7.63. The molecule has 0 spiro atoms. The molecule has 0 aliphatic heterocycles. The lowest BCUT2D eigenvalue weighted by Gasteiger charge is -2.19. The van der Waals surface area contributed by atoms with E-state index in [-0.39, 0.29) is 0 Å². The van der Waals surface area contributed by atoms with Crippen LogP contribution in [0.1, 0.15) is 32.8 Å². The molecule has 1 aromatic rings. The molecule has 0 radical (unpaired) electrons. The summed E-state index contributed by atoms with van der Waals surface area (Å²) in [6.07, 6.45) is 1.21. The van der Waals surface area contributed by atoms with E-state index in [1.165, 1.54) is 12.0 Å². The SMILES string of the molecule is CC[C@H](C)[C@H](C)NCc1cccc(Cl)c1. The highest BCUT2D eigenvalue weighted by molar-refractivity contribution is 6.30. The molecule has 84 valence electrons. The van der Waals surface area contributed by atoms with Crippen molar-refractivity contribution in [2.45, 2.75) is 39.8 Å². The standard InChI is InChI=1S/C13H20ClN/c1-4-10(2)11(3)15-9-12-6-5-7-13(14)8-12/h5-8,10-11,15H,4,9H2,1-3H3/t10-,11-/m0/s1. The zero-order valence-corrected chi connectivity index (χ0v) is 10.5. The molecule has 1 nitrogen and oxygen atoms in total. The first kappa shape index (κ1) is 12.5. The van der Waals surface area contributed by atoms with Crippen LogP contribution in [0.4, 0.5) is 0 Å². The normalized spacial score (nSPS) is 14.9. The fraction of sp³-hybridized carbons (Fsp3) is 0.538. The van der Waals surface area contributed by atoms with Crippen LogP contribution in [0.5, 0.6) is 0 Å². The molecule has 15 heavy (non-hydrogen) atoms. The van der Waals surface area contributed by atoms with Crippen LogP contribution < -0.4 is 5.32 Å². The highest BCUT2D eigenvalue weighted by Gasteiger charge is 2.08. The fourth-order valence-electron chi connectivity index (χ4n) is 1.48. The Balaban J connectivity index is 2.43. The minimum absolute atomic E-state index is 0.550. The Hall–Kier alpha value is -0.530. The van der Waals surface area contributed by atoms with Crippen molar-refractivity contribution in [3.8, 4) is 0 Å². The van der Waals surface area contributed by atoms with Crippen molar-refractivity contribution in [3.63, 3.8) is 0 Å². The number of halogens is 1. The van der Waals surface area contributed by atoms with Gasteiger partial charge < -0.3 is 5.32 Å². The lowest BCUT2D eigenvalue weighted by atomic mass is 10.0. The van der Waals surface area contributed by atoms with E-state index in [4.69, 9.17) is 11.6 Å². The maximum atomic E-state index is 5.92. The summed E-state index contributed by atoms with van der Waals surface area (Å²) in [4.78, 5) is 0. The van der Waals surface area contributed by atoms with Gasteiger partial charge in [0.15, 0.2) is 0 Å². The van der Waals surface area contributed by atoms with Crippen molar-refractivity contribution < 1.29 is 0 Å². The molecule has 0 unspecified atom stereocenters. The average molecular weight is 226 g/mol. The highest BCUT2D eigenvalue weighted by atomic mass is 35.5. The maximum Gasteiger partial charge on any atom is 0.0409 e. The van der Waals surface area contributed by atoms with E-state index in [2.05, 4.69) is 32.2 Å². The molecule has 1 aromatic carbocycles. The first-order valence-corrected chi connectivity index (χ1v) is 5.99. The lowest BCUT2D eigenvalue weighted by molar-refractivity contribution is 0.389. The third-order valence-electron chi connectivity index (χ3n) is 3.01. The van der Waals surface area contributed by atoms with Gasteiger partial charge in [-0.05, 0) is 30.5 Å². The zero-order valence-electron chi connectivity index (χ0n) is 9.76. The van der Waals surface area contributed by atoms with Crippen LogP contribution in [0.25, 0.3) is 0 Å². The van der Waals surface area contributed by atoms with Gasteiger partial charge in [-0.2, -0.15) is 0 Å². The summed E-state index contributed by atoms with van der Waals surface area (Å²) in [5, 5.41) is 4.33. The third-order valence-corrected chi connectivity index (χ3v) is 3.25. The average Bonchev–Trinajstić information content (AvgIpc) is 2.25. The van der Waals surface area contributed by atoms with Gasteiger partial charge in [0.2, 0.25) is 0 Å². The predicted octanol–water partition coefficient (Wildman–Crippen LogP) is 3.86. The number of rotatable bonds is 5. The van der Waals surface area contributed by atoms with E-state index in [1.807, 2.05) is 18.2 Å². The van der Waals surface area contributed by atoms with Gasteiger partial charge >= 0.3 is 0 Å². The van der Waals surface area contributed by atoms with Crippen molar-refractivity contribution >= 4 is 11.6 Å². The smallest absolute Gasteiger partial charge is 0.0409 e. The number of hydrogen-bond donors (Lipinski definition) is 1. The van der Waals surface area contributed by atoms with Gasteiger partial charge in [0.25, 0.3) is 0 Å². The van der Waals surface area contributed by atoms with Crippen molar-refractivity contribution in [1.82, 2.24) is 5.32 Å². The maximum absolute atomic E-state index is 5.92. The second-order valence-electron chi connectivity index (χ2n) is 4.19. The van der Waals surface area contributed by atoms with Gasteiger partial charge in [-0.3, -0.25) is 0 Å². The van der Waals surface area contributed by atoms with Gasteiger partial charge in [-0.1, -0.05) is 44.0 Å². The molecule has 0 aliphatic rings. The van der Waals surface area contributed by atoms with E-state index >= 15 is 0 Å². The van der Waals surface area contributed by atoms with Crippen molar-refractivity contribution in [2.75, 3.05) is 0 Å². The second-order valence-corrected chi connectivity index (χ2v) is 4.62.